The lowest BCUT2D eigenvalue weighted by Crippen LogP contribution is -2.14. The van der Waals surface area contributed by atoms with Crippen LogP contribution in [0.3, 0.4) is 0 Å². The summed E-state index contributed by atoms with van der Waals surface area (Å²) in [5, 5.41) is 5.45. The van der Waals surface area contributed by atoms with E-state index < -0.39 is 0 Å². The van der Waals surface area contributed by atoms with Gasteiger partial charge < -0.3 is 0 Å². The van der Waals surface area contributed by atoms with Gasteiger partial charge in [-0.05, 0) is 58.5 Å². The predicted octanol–water partition coefficient (Wildman–Crippen LogP) is 8.35. The number of para-hydroxylation sites is 2. The van der Waals surface area contributed by atoms with E-state index in [0.717, 1.165) is 60.6 Å². The maximum Gasteiger partial charge on any atom is 0.0817 e. The summed E-state index contributed by atoms with van der Waals surface area (Å²) in [4.78, 5) is 15.7. The molecule has 0 saturated carbocycles. The SMILES string of the molecule is CC(C)(C)c1cc2c(c(-c3ccc4ccccc4n3)c1-c1ccccc1)-c1c3c(ccc1=N2)=c1ccccc1=N3. The highest BCUT2D eigenvalue weighted by Crippen LogP contribution is 2.52. The molecule has 0 atom stereocenters. The van der Waals surface area contributed by atoms with Crippen LogP contribution >= 0.6 is 0 Å². The van der Waals surface area contributed by atoms with Gasteiger partial charge in [0, 0.05) is 32.5 Å². The minimum absolute atomic E-state index is 0.112. The van der Waals surface area contributed by atoms with E-state index in [1.165, 1.54) is 21.9 Å². The van der Waals surface area contributed by atoms with Crippen LogP contribution in [-0.4, -0.2) is 4.98 Å². The maximum atomic E-state index is 5.27. The molecule has 0 N–H and O–H groups in total. The van der Waals surface area contributed by atoms with E-state index >= 15 is 0 Å². The Morgan fingerprint density at radius 2 is 1.32 bits per heavy atom. The molecule has 40 heavy (non-hydrogen) atoms. The molecule has 0 bridgehead atoms. The number of rotatable bonds is 2. The van der Waals surface area contributed by atoms with E-state index in [0.29, 0.717) is 0 Å². The van der Waals surface area contributed by atoms with Gasteiger partial charge in [-0.25, -0.2) is 15.0 Å². The molecule has 2 aliphatic rings. The average Bonchev–Trinajstić information content (AvgIpc) is 3.54. The average molecular weight is 514 g/mol. The van der Waals surface area contributed by atoms with Crippen LogP contribution < -0.4 is 10.7 Å². The third kappa shape index (κ3) is 3.34. The van der Waals surface area contributed by atoms with Gasteiger partial charge in [0.2, 0.25) is 0 Å². The van der Waals surface area contributed by atoms with Crippen molar-refractivity contribution >= 4 is 22.3 Å². The molecule has 0 amide bonds. The van der Waals surface area contributed by atoms with E-state index in [-0.39, 0.29) is 5.41 Å². The van der Waals surface area contributed by atoms with Crippen molar-refractivity contribution in [2.75, 3.05) is 0 Å². The Kier molecular flexibility index (Phi) is 4.78. The zero-order chi connectivity index (χ0) is 27.0. The van der Waals surface area contributed by atoms with Crippen LogP contribution in [0.4, 0.5) is 11.4 Å². The lowest BCUT2D eigenvalue weighted by molar-refractivity contribution is 0.592. The zero-order valence-electron chi connectivity index (χ0n) is 22.7. The van der Waals surface area contributed by atoms with E-state index in [2.05, 4.69) is 130 Å². The first-order valence-electron chi connectivity index (χ1n) is 13.8. The van der Waals surface area contributed by atoms with Crippen LogP contribution in [0.25, 0.3) is 44.4 Å². The Balaban J connectivity index is 1.57. The Morgan fingerprint density at radius 3 is 2.17 bits per heavy atom. The van der Waals surface area contributed by atoms with E-state index in [1.807, 2.05) is 0 Å². The smallest absolute Gasteiger partial charge is 0.0817 e. The van der Waals surface area contributed by atoms with Crippen LogP contribution in [0, 0.1) is 10.4 Å². The van der Waals surface area contributed by atoms with Crippen molar-refractivity contribution < 1.29 is 0 Å². The Hall–Kier alpha value is -4.89. The molecule has 2 aliphatic heterocycles. The maximum absolute atomic E-state index is 5.27. The number of fused-ring (bicyclic) bond motifs is 7. The Morgan fingerprint density at radius 1 is 0.550 bits per heavy atom. The highest BCUT2D eigenvalue weighted by molar-refractivity contribution is 6.04. The van der Waals surface area contributed by atoms with Crippen molar-refractivity contribution in [3.05, 3.63) is 136 Å². The first kappa shape index (κ1) is 23.0. The van der Waals surface area contributed by atoms with Crippen LogP contribution in [0.15, 0.2) is 119 Å². The highest BCUT2D eigenvalue weighted by atomic mass is 14.8. The Labute approximate surface area is 232 Å². The van der Waals surface area contributed by atoms with Gasteiger partial charge in [-0.2, -0.15) is 0 Å². The summed E-state index contributed by atoms with van der Waals surface area (Å²) in [5.74, 6) is 0. The normalized spacial score (nSPS) is 12.8. The van der Waals surface area contributed by atoms with Gasteiger partial charge in [-0.15, -0.1) is 0 Å². The molecular formula is C37H27N3. The van der Waals surface area contributed by atoms with Gasteiger partial charge in [0.05, 0.1) is 33.3 Å². The minimum atomic E-state index is -0.112. The lowest BCUT2D eigenvalue weighted by Gasteiger charge is -2.27. The van der Waals surface area contributed by atoms with Crippen molar-refractivity contribution in [3.8, 4) is 33.5 Å². The summed E-state index contributed by atoms with van der Waals surface area (Å²) >= 11 is 0. The molecule has 0 unspecified atom stereocenters. The van der Waals surface area contributed by atoms with Gasteiger partial charge in [0.15, 0.2) is 0 Å². The standard InChI is InChI=1S/C37H27N3/c1-37(2,3)26-21-31-34(35-30(39-31)20-18-25-24-14-8-10-16-28(24)40-36(25)35)33(32(26)23-12-5-4-6-13-23)29-19-17-22-11-7-9-15-27(22)38-29/h4-21H,1-3H3. The Bertz CT molecular complexity index is 2240. The van der Waals surface area contributed by atoms with E-state index in [1.54, 1.807) is 0 Å². The summed E-state index contributed by atoms with van der Waals surface area (Å²) in [7, 11) is 0. The summed E-state index contributed by atoms with van der Waals surface area (Å²) in [6, 6.07) is 38.5. The second-order valence-corrected chi connectivity index (χ2v) is 11.7. The molecular weight excluding hydrogens is 486 g/mol. The van der Waals surface area contributed by atoms with E-state index in [4.69, 9.17) is 15.0 Å². The molecule has 3 heterocycles. The van der Waals surface area contributed by atoms with Gasteiger partial charge in [-0.3, -0.25) is 0 Å². The van der Waals surface area contributed by atoms with Crippen LogP contribution in [-0.2, 0) is 5.41 Å². The topological polar surface area (TPSA) is 37.6 Å². The fraction of sp³-hybridized carbons (Fsp3) is 0.108. The van der Waals surface area contributed by atoms with Gasteiger partial charge >= 0.3 is 0 Å². The third-order valence-corrected chi connectivity index (χ3v) is 8.10. The number of aromatic nitrogens is 1. The second kappa shape index (κ2) is 8.30. The highest BCUT2D eigenvalue weighted by Gasteiger charge is 2.32. The van der Waals surface area contributed by atoms with E-state index in [9.17, 15) is 0 Å². The minimum Gasteiger partial charge on any atom is -0.248 e. The molecule has 5 aromatic carbocycles. The first-order valence-corrected chi connectivity index (χ1v) is 13.8. The molecule has 3 nitrogen and oxygen atoms in total. The molecule has 190 valence electrons. The molecule has 0 radical (unpaired) electrons. The monoisotopic (exact) mass is 513 g/mol. The van der Waals surface area contributed by atoms with Crippen molar-refractivity contribution in [1.29, 1.82) is 0 Å². The summed E-state index contributed by atoms with van der Waals surface area (Å²) in [6.07, 6.45) is 0. The lowest BCUT2D eigenvalue weighted by atomic mass is 9.76. The van der Waals surface area contributed by atoms with Gasteiger partial charge in [0.1, 0.15) is 0 Å². The molecule has 0 saturated heterocycles. The van der Waals surface area contributed by atoms with Gasteiger partial charge in [0.25, 0.3) is 0 Å². The zero-order valence-corrected chi connectivity index (χ0v) is 22.7. The number of hydrogen-bond acceptors (Lipinski definition) is 3. The van der Waals surface area contributed by atoms with Crippen molar-refractivity contribution in [2.45, 2.75) is 26.2 Å². The fourth-order valence-corrected chi connectivity index (χ4v) is 6.27. The number of nitrogens with zero attached hydrogens (tertiary/aromatic N) is 3. The summed E-state index contributed by atoms with van der Waals surface area (Å²) in [5.41, 5.74) is 10.8. The summed E-state index contributed by atoms with van der Waals surface area (Å²) < 4.78 is 0. The van der Waals surface area contributed by atoms with Crippen LogP contribution in [0.5, 0.6) is 0 Å². The number of pyridine rings is 1. The number of benzene rings is 5. The molecule has 8 rings (SSSR count). The quantitative estimate of drug-likeness (QED) is 0.229. The van der Waals surface area contributed by atoms with Gasteiger partial charge in [-0.1, -0.05) is 93.6 Å². The van der Waals surface area contributed by atoms with Crippen molar-refractivity contribution in [2.24, 2.45) is 9.98 Å². The molecule has 0 fully saturated rings. The molecule has 0 spiro atoms. The van der Waals surface area contributed by atoms with Crippen molar-refractivity contribution in [3.63, 3.8) is 0 Å². The van der Waals surface area contributed by atoms with Crippen LogP contribution in [0.2, 0.25) is 0 Å². The first-order chi connectivity index (χ1) is 19.5. The number of hydrogen-bond donors (Lipinski definition) is 0. The largest absolute Gasteiger partial charge is 0.248 e. The third-order valence-electron chi connectivity index (χ3n) is 8.10. The second-order valence-electron chi connectivity index (χ2n) is 11.7. The predicted molar refractivity (Wildman–Crippen MR) is 162 cm³/mol. The molecule has 6 aromatic rings. The molecule has 0 aliphatic carbocycles. The van der Waals surface area contributed by atoms with Crippen LogP contribution in [0.1, 0.15) is 26.3 Å². The summed E-state index contributed by atoms with van der Waals surface area (Å²) in [6.45, 7) is 6.85. The van der Waals surface area contributed by atoms with Crippen molar-refractivity contribution in [1.82, 2.24) is 4.98 Å². The molecule has 1 aromatic heterocycles. The fourth-order valence-electron chi connectivity index (χ4n) is 6.27. The molecule has 3 heteroatoms.